The summed E-state index contributed by atoms with van der Waals surface area (Å²) >= 11 is 0. The molecular weight excluding hydrogens is 448 g/mol. The molecule has 0 heterocycles. The van der Waals surface area contributed by atoms with Crippen molar-refractivity contribution in [3.63, 3.8) is 0 Å². The fourth-order valence-corrected chi connectivity index (χ4v) is 3.56. The fraction of sp³-hybridized carbons (Fsp3) is 0.385. The number of nitrogens with zero attached hydrogens (tertiary/aromatic N) is 1. The maximum absolute atomic E-state index is 13.5. The number of likely N-dealkylation sites (N-methyl/N-ethyl adjacent to an activating group) is 1. The number of ether oxygens (including phenoxy) is 1. The third-order valence-electron chi connectivity index (χ3n) is 5.26. The molecule has 2 aromatic carbocycles. The van der Waals surface area contributed by atoms with Crippen LogP contribution in [0.3, 0.4) is 0 Å². The van der Waals surface area contributed by atoms with E-state index in [4.69, 9.17) is 10.5 Å². The number of rotatable bonds is 8. The van der Waals surface area contributed by atoms with Crippen molar-refractivity contribution in [3.05, 3.63) is 65.2 Å². The predicted octanol–water partition coefficient (Wildman–Crippen LogP) is 3.21. The van der Waals surface area contributed by atoms with Gasteiger partial charge < -0.3 is 26.0 Å². The zero-order chi connectivity index (χ0) is 26.3. The third kappa shape index (κ3) is 7.84. The van der Waals surface area contributed by atoms with Crippen LogP contribution in [0.1, 0.15) is 49.9 Å². The number of primary amides is 1. The number of aryl methyl sites for hydroxylation is 2. The molecular formula is C26H34N4O5. The molecule has 0 aromatic heterocycles. The van der Waals surface area contributed by atoms with Crippen LogP contribution in [0, 0.1) is 13.8 Å². The molecule has 0 fully saturated rings. The molecule has 0 spiro atoms. The number of carbonyl (C=O) groups is 4. The molecule has 0 aliphatic carbocycles. The molecule has 4 N–H and O–H groups in total. The molecule has 35 heavy (non-hydrogen) atoms. The lowest BCUT2D eigenvalue weighted by atomic mass is 9.98. The van der Waals surface area contributed by atoms with E-state index in [0.29, 0.717) is 11.3 Å². The Morgan fingerprint density at radius 2 is 1.54 bits per heavy atom. The molecule has 9 heteroatoms. The molecule has 2 rings (SSSR count). The summed E-state index contributed by atoms with van der Waals surface area (Å²) in [7, 11) is 1.45. The van der Waals surface area contributed by atoms with Gasteiger partial charge in [-0.15, -0.1) is 0 Å². The highest BCUT2D eigenvalue weighted by atomic mass is 16.6. The average molecular weight is 483 g/mol. The number of benzene rings is 2. The number of anilines is 1. The van der Waals surface area contributed by atoms with Crippen LogP contribution in [-0.2, 0) is 19.1 Å². The topological polar surface area (TPSA) is 131 Å². The molecule has 2 unspecified atom stereocenters. The van der Waals surface area contributed by atoms with E-state index in [2.05, 4.69) is 10.6 Å². The maximum Gasteiger partial charge on any atom is 0.408 e. The molecule has 0 bridgehead atoms. The first-order valence-electron chi connectivity index (χ1n) is 11.3. The van der Waals surface area contributed by atoms with Gasteiger partial charge in [-0.05, 0) is 57.4 Å². The number of hydrogen-bond acceptors (Lipinski definition) is 5. The van der Waals surface area contributed by atoms with Crippen LogP contribution < -0.4 is 16.4 Å². The van der Waals surface area contributed by atoms with E-state index in [-0.39, 0.29) is 0 Å². The van der Waals surface area contributed by atoms with E-state index < -0.39 is 47.9 Å². The van der Waals surface area contributed by atoms with Crippen molar-refractivity contribution in [2.45, 2.75) is 58.7 Å². The Hall–Kier alpha value is -3.88. The zero-order valence-corrected chi connectivity index (χ0v) is 21.0. The normalized spacial score (nSPS) is 12.7. The molecule has 4 amide bonds. The SMILES string of the molecule is Cc1ccccc1NC(=O)C(c1ccccc1C)N(C)C(=O)C(CC(N)=O)NC(=O)OC(C)(C)C. The smallest absolute Gasteiger partial charge is 0.408 e. The summed E-state index contributed by atoms with van der Waals surface area (Å²) in [5.74, 6) is -1.90. The van der Waals surface area contributed by atoms with Crippen molar-refractivity contribution < 1.29 is 23.9 Å². The summed E-state index contributed by atoms with van der Waals surface area (Å²) in [6.45, 7) is 8.72. The van der Waals surface area contributed by atoms with Crippen LogP contribution >= 0.6 is 0 Å². The van der Waals surface area contributed by atoms with Gasteiger partial charge in [-0.2, -0.15) is 0 Å². The number of hydrogen-bond donors (Lipinski definition) is 3. The molecule has 9 nitrogen and oxygen atoms in total. The van der Waals surface area contributed by atoms with Gasteiger partial charge in [-0.3, -0.25) is 14.4 Å². The van der Waals surface area contributed by atoms with Gasteiger partial charge >= 0.3 is 6.09 Å². The third-order valence-corrected chi connectivity index (χ3v) is 5.26. The van der Waals surface area contributed by atoms with Gasteiger partial charge in [0.1, 0.15) is 17.7 Å². The number of nitrogens with one attached hydrogen (secondary N) is 2. The van der Waals surface area contributed by atoms with Crippen LogP contribution in [0.15, 0.2) is 48.5 Å². The second-order valence-electron chi connectivity index (χ2n) is 9.38. The first-order valence-corrected chi connectivity index (χ1v) is 11.3. The average Bonchev–Trinajstić information content (AvgIpc) is 2.74. The van der Waals surface area contributed by atoms with Gasteiger partial charge in [0.05, 0.1) is 6.42 Å². The molecule has 0 aliphatic rings. The Bertz CT molecular complexity index is 1090. The summed E-state index contributed by atoms with van der Waals surface area (Å²) in [6, 6.07) is 12.1. The number of alkyl carbamates (subject to hydrolysis) is 1. The van der Waals surface area contributed by atoms with E-state index >= 15 is 0 Å². The van der Waals surface area contributed by atoms with Gasteiger partial charge in [0.15, 0.2) is 0 Å². The van der Waals surface area contributed by atoms with Crippen LogP contribution in [0.5, 0.6) is 0 Å². The molecule has 2 aromatic rings. The van der Waals surface area contributed by atoms with Crippen LogP contribution in [0.2, 0.25) is 0 Å². The lowest BCUT2D eigenvalue weighted by Gasteiger charge is -2.32. The molecule has 0 saturated carbocycles. The van der Waals surface area contributed by atoms with E-state index in [1.165, 1.54) is 11.9 Å². The van der Waals surface area contributed by atoms with Crippen molar-refractivity contribution in [1.29, 1.82) is 0 Å². The van der Waals surface area contributed by atoms with Gasteiger partial charge in [-0.1, -0.05) is 42.5 Å². The second-order valence-corrected chi connectivity index (χ2v) is 9.38. The Kier molecular flexibility index (Phi) is 8.99. The number of para-hydroxylation sites is 1. The first-order chi connectivity index (χ1) is 16.3. The maximum atomic E-state index is 13.5. The van der Waals surface area contributed by atoms with Crippen molar-refractivity contribution in [2.75, 3.05) is 12.4 Å². The number of carbonyl (C=O) groups excluding carboxylic acids is 4. The molecule has 2 atom stereocenters. The predicted molar refractivity (Wildman–Crippen MR) is 133 cm³/mol. The minimum Gasteiger partial charge on any atom is -0.444 e. The standard InChI is InChI=1S/C26H34N4O5/c1-16-11-7-9-13-18(16)22(23(32)28-19-14-10-8-12-17(19)2)30(6)24(33)20(15-21(27)31)29-25(34)35-26(3,4)5/h7-14,20,22H,15H2,1-6H3,(H2,27,31)(H,28,32)(H,29,34). The number of amides is 4. The summed E-state index contributed by atoms with van der Waals surface area (Å²) in [4.78, 5) is 52.3. The van der Waals surface area contributed by atoms with Crippen molar-refractivity contribution in [1.82, 2.24) is 10.2 Å². The van der Waals surface area contributed by atoms with Gasteiger partial charge in [-0.25, -0.2) is 4.79 Å². The van der Waals surface area contributed by atoms with Crippen molar-refractivity contribution >= 4 is 29.5 Å². The van der Waals surface area contributed by atoms with E-state index in [0.717, 1.165) is 11.1 Å². The Morgan fingerprint density at radius 1 is 0.971 bits per heavy atom. The quantitative estimate of drug-likeness (QED) is 0.532. The largest absolute Gasteiger partial charge is 0.444 e. The summed E-state index contributed by atoms with van der Waals surface area (Å²) in [5, 5.41) is 5.31. The van der Waals surface area contributed by atoms with Gasteiger partial charge in [0, 0.05) is 12.7 Å². The van der Waals surface area contributed by atoms with Crippen LogP contribution in [-0.4, -0.2) is 47.4 Å². The van der Waals surface area contributed by atoms with Gasteiger partial charge in [0.25, 0.3) is 5.91 Å². The minimum atomic E-state index is -1.31. The summed E-state index contributed by atoms with van der Waals surface area (Å²) in [5.41, 5.74) is 7.39. The molecule has 0 radical (unpaired) electrons. The van der Waals surface area contributed by atoms with Gasteiger partial charge in [0.2, 0.25) is 11.8 Å². The number of nitrogens with two attached hydrogens (primary N) is 1. The van der Waals surface area contributed by atoms with Crippen molar-refractivity contribution in [3.8, 4) is 0 Å². The lowest BCUT2D eigenvalue weighted by Crippen LogP contribution is -2.52. The fourth-order valence-electron chi connectivity index (χ4n) is 3.56. The minimum absolute atomic E-state index is 0.445. The van der Waals surface area contributed by atoms with Crippen LogP contribution in [0.25, 0.3) is 0 Å². The van der Waals surface area contributed by atoms with E-state index in [1.54, 1.807) is 45.0 Å². The molecule has 188 valence electrons. The molecule has 0 saturated heterocycles. The summed E-state index contributed by atoms with van der Waals surface area (Å²) in [6.07, 6.45) is -1.33. The first kappa shape index (κ1) is 27.4. The van der Waals surface area contributed by atoms with E-state index in [9.17, 15) is 19.2 Å². The Balaban J connectivity index is 2.41. The van der Waals surface area contributed by atoms with E-state index in [1.807, 2.05) is 38.1 Å². The lowest BCUT2D eigenvalue weighted by molar-refractivity contribution is -0.140. The Morgan fingerprint density at radius 3 is 2.09 bits per heavy atom. The summed E-state index contributed by atoms with van der Waals surface area (Å²) < 4.78 is 5.23. The highest BCUT2D eigenvalue weighted by molar-refractivity contribution is 6.00. The van der Waals surface area contributed by atoms with Crippen molar-refractivity contribution in [2.24, 2.45) is 5.73 Å². The zero-order valence-electron chi connectivity index (χ0n) is 21.0. The Labute approximate surface area is 206 Å². The highest BCUT2D eigenvalue weighted by Crippen LogP contribution is 2.26. The second kappa shape index (κ2) is 11.5. The van der Waals surface area contributed by atoms with Crippen LogP contribution in [0.4, 0.5) is 10.5 Å². The highest BCUT2D eigenvalue weighted by Gasteiger charge is 2.35. The monoisotopic (exact) mass is 482 g/mol. The molecule has 0 aliphatic heterocycles.